The lowest BCUT2D eigenvalue weighted by Gasteiger charge is -2.16. The summed E-state index contributed by atoms with van der Waals surface area (Å²) in [7, 11) is -1.02. The summed E-state index contributed by atoms with van der Waals surface area (Å²) in [6.07, 6.45) is 21.9. The van der Waals surface area contributed by atoms with E-state index in [1.54, 1.807) is 0 Å². The normalized spacial score (nSPS) is 11.8. The van der Waals surface area contributed by atoms with E-state index >= 15 is 0 Å². The van der Waals surface area contributed by atoms with Crippen LogP contribution >= 0.6 is 0 Å². The fourth-order valence-electron chi connectivity index (χ4n) is 3.05. The van der Waals surface area contributed by atoms with Gasteiger partial charge < -0.3 is 0 Å². The third-order valence-corrected chi connectivity index (χ3v) is 7.72. The molecule has 0 nitrogen and oxygen atoms in total. The molecule has 0 saturated heterocycles. The van der Waals surface area contributed by atoms with Gasteiger partial charge in [0.15, 0.2) is 0 Å². The van der Waals surface area contributed by atoms with Gasteiger partial charge in [0, 0.05) is 0 Å². The zero-order valence-electron chi connectivity index (χ0n) is 16.1. The maximum absolute atomic E-state index is 3.98. The van der Waals surface area contributed by atoms with E-state index < -0.39 is 8.07 Å². The third kappa shape index (κ3) is 16.3. The summed E-state index contributed by atoms with van der Waals surface area (Å²) < 4.78 is 0. The first-order valence-electron chi connectivity index (χ1n) is 10.3. The molecule has 0 aromatic carbocycles. The molecule has 0 spiro atoms. The Bertz CT molecular complexity index is 232. The minimum atomic E-state index is -1.02. The van der Waals surface area contributed by atoms with Crippen molar-refractivity contribution in [2.24, 2.45) is 0 Å². The van der Waals surface area contributed by atoms with Crippen LogP contribution in [0.3, 0.4) is 0 Å². The Morgan fingerprint density at radius 1 is 0.591 bits per heavy atom. The molecule has 0 aromatic rings. The molecule has 0 atom stereocenters. The zero-order valence-corrected chi connectivity index (χ0v) is 17.1. The van der Waals surface area contributed by atoms with E-state index in [0.29, 0.717) is 0 Å². The molecule has 0 unspecified atom stereocenters. The molecule has 0 aromatic heterocycles. The monoisotopic (exact) mass is 324 g/mol. The van der Waals surface area contributed by atoms with Gasteiger partial charge in [0.25, 0.3) is 0 Å². The van der Waals surface area contributed by atoms with E-state index in [4.69, 9.17) is 0 Å². The van der Waals surface area contributed by atoms with Crippen LogP contribution in [-0.2, 0) is 0 Å². The highest BCUT2D eigenvalue weighted by atomic mass is 28.3. The van der Waals surface area contributed by atoms with E-state index in [1.807, 2.05) is 0 Å². The van der Waals surface area contributed by atoms with Gasteiger partial charge in [-0.05, 0) is 0 Å². The second-order valence-corrected chi connectivity index (χ2v) is 12.8. The van der Waals surface area contributed by atoms with Crippen LogP contribution in [0, 0.1) is 0 Å². The highest BCUT2D eigenvalue weighted by molar-refractivity contribution is 6.82. The maximum atomic E-state index is 3.98. The van der Waals surface area contributed by atoms with Gasteiger partial charge in [-0.2, -0.15) is 0 Å². The standard InChI is InChI=1S/C21H44Si/c1-5-7-8-9-10-11-12-13-14-15-16-17-18-19-20-21-22(3,4)6-2/h6H,2,5,7-21H2,1,3-4H3. The van der Waals surface area contributed by atoms with Crippen LogP contribution in [0.25, 0.3) is 0 Å². The first kappa shape index (κ1) is 22.0. The molecule has 22 heavy (non-hydrogen) atoms. The fourth-order valence-corrected chi connectivity index (χ4v) is 4.42. The van der Waals surface area contributed by atoms with Crippen LogP contribution in [0.4, 0.5) is 0 Å². The number of rotatable bonds is 17. The van der Waals surface area contributed by atoms with Crippen LogP contribution in [0.1, 0.15) is 103 Å². The summed E-state index contributed by atoms with van der Waals surface area (Å²) in [6.45, 7) is 11.1. The molecule has 0 radical (unpaired) electrons. The summed E-state index contributed by atoms with van der Waals surface area (Å²) in [5, 5.41) is 0. The first-order chi connectivity index (χ1) is 10.6. The summed E-state index contributed by atoms with van der Waals surface area (Å²) in [5.41, 5.74) is 2.25. The van der Waals surface area contributed by atoms with E-state index in [0.717, 1.165) is 0 Å². The van der Waals surface area contributed by atoms with E-state index in [2.05, 4.69) is 32.3 Å². The van der Waals surface area contributed by atoms with Gasteiger partial charge in [0.1, 0.15) is 0 Å². The fraction of sp³-hybridized carbons (Fsp3) is 0.905. The van der Waals surface area contributed by atoms with E-state index in [-0.39, 0.29) is 0 Å². The molecule has 0 N–H and O–H groups in total. The number of unbranched alkanes of at least 4 members (excludes halogenated alkanes) is 14. The molecule has 0 aliphatic carbocycles. The van der Waals surface area contributed by atoms with Gasteiger partial charge in [-0.3, -0.25) is 0 Å². The highest BCUT2D eigenvalue weighted by Crippen LogP contribution is 2.17. The molecular formula is C21H44Si. The Hall–Kier alpha value is -0.0431. The largest absolute Gasteiger partial charge is 0.107 e. The van der Waals surface area contributed by atoms with Crippen molar-refractivity contribution in [3.63, 3.8) is 0 Å². The quantitative estimate of drug-likeness (QED) is 0.186. The molecule has 0 amide bonds. The lowest BCUT2D eigenvalue weighted by Crippen LogP contribution is -2.21. The summed E-state index contributed by atoms with van der Waals surface area (Å²) in [4.78, 5) is 0. The van der Waals surface area contributed by atoms with Gasteiger partial charge in [0.2, 0.25) is 0 Å². The Morgan fingerprint density at radius 2 is 0.909 bits per heavy atom. The van der Waals surface area contributed by atoms with Crippen LogP contribution in [0.2, 0.25) is 19.1 Å². The zero-order chi connectivity index (χ0) is 16.5. The highest BCUT2D eigenvalue weighted by Gasteiger charge is 2.14. The minimum absolute atomic E-state index is 1.02. The van der Waals surface area contributed by atoms with Crippen molar-refractivity contribution in [3.05, 3.63) is 12.3 Å². The molecule has 0 aliphatic rings. The number of hydrogen-bond acceptors (Lipinski definition) is 0. The van der Waals surface area contributed by atoms with E-state index in [1.165, 1.54) is 102 Å². The average molecular weight is 325 g/mol. The molecule has 1 heteroatoms. The van der Waals surface area contributed by atoms with Gasteiger partial charge in [-0.15, -0.1) is 12.3 Å². The molecular weight excluding hydrogens is 280 g/mol. The molecule has 0 bridgehead atoms. The minimum Gasteiger partial charge on any atom is -0.107 e. The average Bonchev–Trinajstić information content (AvgIpc) is 2.51. The number of hydrogen-bond donors (Lipinski definition) is 0. The van der Waals surface area contributed by atoms with Crippen molar-refractivity contribution >= 4 is 8.07 Å². The summed E-state index contributed by atoms with van der Waals surface area (Å²) >= 11 is 0. The van der Waals surface area contributed by atoms with Crippen molar-refractivity contribution in [1.82, 2.24) is 0 Å². The van der Waals surface area contributed by atoms with Crippen molar-refractivity contribution in [1.29, 1.82) is 0 Å². The van der Waals surface area contributed by atoms with Crippen molar-refractivity contribution < 1.29 is 0 Å². The predicted octanol–water partition coefficient (Wildman–Crippen LogP) is 8.29. The van der Waals surface area contributed by atoms with Gasteiger partial charge in [0.05, 0.1) is 8.07 Å². The Kier molecular flexibility index (Phi) is 15.8. The van der Waals surface area contributed by atoms with Gasteiger partial charge in [-0.25, -0.2) is 0 Å². The Balaban J connectivity index is 3.07. The van der Waals surface area contributed by atoms with Crippen molar-refractivity contribution in [2.75, 3.05) is 0 Å². The molecule has 0 rings (SSSR count). The predicted molar refractivity (Wildman–Crippen MR) is 107 cm³/mol. The third-order valence-electron chi connectivity index (χ3n) is 4.98. The van der Waals surface area contributed by atoms with Crippen LogP contribution < -0.4 is 0 Å². The SMILES string of the molecule is C=C[Si](C)(C)CCCCCCCCCCCCCCCCC. The topological polar surface area (TPSA) is 0 Å². The molecule has 0 saturated carbocycles. The molecule has 0 heterocycles. The van der Waals surface area contributed by atoms with Gasteiger partial charge >= 0.3 is 0 Å². The second-order valence-electron chi connectivity index (χ2n) is 7.89. The summed E-state index contributed by atoms with van der Waals surface area (Å²) in [5.74, 6) is 0. The molecule has 0 fully saturated rings. The Labute approximate surface area is 143 Å². The maximum Gasteiger partial charge on any atom is 0.0709 e. The summed E-state index contributed by atoms with van der Waals surface area (Å²) in [6, 6.07) is 1.44. The van der Waals surface area contributed by atoms with E-state index in [9.17, 15) is 0 Å². The van der Waals surface area contributed by atoms with Crippen LogP contribution in [0.15, 0.2) is 12.3 Å². The van der Waals surface area contributed by atoms with Gasteiger partial charge in [-0.1, -0.05) is 122 Å². The lowest BCUT2D eigenvalue weighted by atomic mass is 10.0. The van der Waals surface area contributed by atoms with Crippen molar-refractivity contribution in [2.45, 2.75) is 122 Å². The first-order valence-corrected chi connectivity index (χ1v) is 13.5. The molecule has 0 aliphatic heterocycles. The Morgan fingerprint density at radius 3 is 1.23 bits per heavy atom. The van der Waals surface area contributed by atoms with Crippen molar-refractivity contribution in [3.8, 4) is 0 Å². The smallest absolute Gasteiger partial charge is 0.0709 e. The van der Waals surface area contributed by atoms with Crippen LogP contribution in [0.5, 0.6) is 0 Å². The lowest BCUT2D eigenvalue weighted by molar-refractivity contribution is 0.534. The molecule has 132 valence electrons. The van der Waals surface area contributed by atoms with Crippen LogP contribution in [-0.4, -0.2) is 8.07 Å². The second kappa shape index (κ2) is 15.8.